The Hall–Kier alpha value is -0.710. The molecule has 0 unspecified atom stereocenters. The number of ether oxygens (including phenoxy) is 2. The van der Waals surface area contributed by atoms with Crippen LogP contribution in [0, 0.1) is 0 Å². The average Bonchev–Trinajstić information content (AvgIpc) is 2.10. The van der Waals surface area contributed by atoms with Crippen molar-refractivity contribution in [3.8, 4) is 0 Å². The lowest BCUT2D eigenvalue weighted by molar-refractivity contribution is -0.143. The monoisotopic (exact) mass is 206 g/mol. The van der Waals surface area contributed by atoms with E-state index in [0.717, 1.165) is 0 Å². The first kappa shape index (κ1) is 12.3. The van der Waals surface area contributed by atoms with Crippen molar-refractivity contribution in [3.63, 3.8) is 0 Å². The lowest BCUT2D eigenvalue weighted by atomic mass is 10.3. The highest BCUT2D eigenvalue weighted by Gasteiger charge is 1.98. The van der Waals surface area contributed by atoms with E-state index in [-0.39, 0.29) is 17.7 Å². The van der Waals surface area contributed by atoms with Crippen molar-refractivity contribution in [3.05, 3.63) is 0 Å². The molecule has 5 heteroatoms. The normalized spacial score (nSPS) is 9.38. The summed E-state index contributed by atoms with van der Waals surface area (Å²) in [5.74, 6) is -0.507. The molecule has 0 fully saturated rings. The Morgan fingerprint density at radius 3 is 2.15 bits per heavy atom. The Balaban J connectivity index is 3.08. The van der Waals surface area contributed by atoms with Crippen LogP contribution in [-0.2, 0) is 19.1 Å². The van der Waals surface area contributed by atoms with Crippen molar-refractivity contribution in [2.45, 2.75) is 19.8 Å². The molecule has 0 atom stereocenters. The zero-order valence-corrected chi connectivity index (χ0v) is 8.51. The number of unbranched alkanes of at least 4 members (excludes halogenated alkanes) is 1. The van der Waals surface area contributed by atoms with E-state index in [9.17, 15) is 9.59 Å². The summed E-state index contributed by atoms with van der Waals surface area (Å²) in [7, 11) is 0. The predicted molar refractivity (Wildman–Crippen MR) is 50.7 cm³/mol. The molecule has 0 aromatic carbocycles. The first-order valence-electron chi connectivity index (χ1n) is 4.06. The number of carbonyl (C=O) groups excluding carboxylic acids is 2. The molecule has 0 radical (unpaired) electrons. The van der Waals surface area contributed by atoms with Gasteiger partial charge in [0, 0.05) is 6.92 Å². The third-order valence-electron chi connectivity index (χ3n) is 1.24. The van der Waals surface area contributed by atoms with Crippen molar-refractivity contribution in [1.82, 2.24) is 0 Å². The molecule has 0 saturated heterocycles. The van der Waals surface area contributed by atoms with Gasteiger partial charge in [-0.1, -0.05) is 0 Å². The van der Waals surface area contributed by atoms with Crippen LogP contribution >= 0.6 is 12.6 Å². The topological polar surface area (TPSA) is 52.6 Å². The fourth-order valence-corrected chi connectivity index (χ4v) is 0.743. The van der Waals surface area contributed by atoms with E-state index in [2.05, 4.69) is 17.4 Å². The summed E-state index contributed by atoms with van der Waals surface area (Å²) in [6.07, 6.45) is 1.41. The molecule has 0 aliphatic carbocycles. The fraction of sp³-hybridized carbons (Fsp3) is 0.750. The van der Waals surface area contributed by atoms with Crippen molar-refractivity contribution in [2.75, 3.05) is 19.0 Å². The average molecular weight is 206 g/mol. The third kappa shape index (κ3) is 9.20. The second-order valence-corrected chi connectivity index (χ2v) is 2.74. The number of carbonyl (C=O) groups is 2. The van der Waals surface area contributed by atoms with Gasteiger partial charge < -0.3 is 9.47 Å². The second kappa shape index (κ2) is 7.91. The summed E-state index contributed by atoms with van der Waals surface area (Å²) in [6, 6.07) is 0. The number of esters is 2. The van der Waals surface area contributed by atoms with Crippen LogP contribution in [-0.4, -0.2) is 30.9 Å². The summed E-state index contributed by atoms with van der Waals surface area (Å²) in [5.41, 5.74) is 0. The molecule has 13 heavy (non-hydrogen) atoms. The van der Waals surface area contributed by atoms with Crippen molar-refractivity contribution >= 4 is 24.6 Å². The Morgan fingerprint density at radius 1 is 1.15 bits per heavy atom. The summed E-state index contributed by atoms with van der Waals surface area (Å²) in [6.45, 7) is 2.11. The molecule has 0 N–H and O–H groups in total. The zero-order valence-electron chi connectivity index (χ0n) is 7.62. The molecule has 76 valence electrons. The molecule has 4 nitrogen and oxygen atoms in total. The maximum Gasteiger partial charge on any atom is 0.315 e. The third-order valence-corrected chi connectivity index (χ3v) is 1.49. The van der Waals surface area contributed by atoms with Crippen molar-refractivity contribution in [1.29, 1.82) is 0 Å². The Kier molecular flexibility index (Phi) is 7.48. The number of rotatable bonds is 6. The minimum atomic E-state index is -0.323. The largest absolute Gasteiger partial charge is 0.466 e. The zero-order chi connectivity index (χ0) is 10.1. The van der Waals surface area contributed by atoms with Gasteiger partial charge in [-0.25, -0.2) is 0 Å². The van der Waals surface area contributed by atoms with Gasteiger partial charge in [0.1, 0.15) is 0 Å². The maximum atomic E-state index is 10.6. The standard InChI is InChI=1S/C8H14O4S/c1-7(9)11-4-2-3-5-12-8(10)6-13/h13H,2-6H2,1H3. The van der Waals surface area contributed by atoms with Crippen LogP contribution < -0.4 is 0 Å². The van der Waals surface area contributed by atoms with Gasteiger partial charge in [-0.3, -0.25) is 9.59 Å². The molecule has 0 bridgehead atoms. The highest BCUT2D eigenvalue weighted by atomic mass is 32.1. The van der Waals surface area contributed by atoms with Gasteiger partial charge in [-0.2, -0.15) is 12.6 Å². The van der Waals surface area contributed by atoms with Crippen LogP contribution in [0.25, 0.3) is 0 Å². The Morgan fingerprint density at radius 2 is 1.69 bits per heavy atom. The quantitative estimate of drug-likeness (QED) is 0.397. The van der Waals surface area contributed by atoms with Gasteiger partial charge in [0.2, 0.25) is 0 Å². The molecule has 0 aromatic heterocycles. The summed E-state index contributed by atoms with van der Waals surface area (Å²) >= 11 is 3.74. The van der Waals surface area contributed by atoms with E-state index in [0.29, 0.717) is 26.1 Å². The van der Waals surface area contributed by atoms with E-state index in [1.807, 2.05) is 0 Å². The van der Waals surface area contributed by atoms with Gasteiger partial charge >= 0.3 is 11.9 Å². The van der Waals surface area contributed by atoms with Crippen LogP contribution in [0.5, 0.6) is 0 Å². The van der Waals surface area contributed by atoms with Crippen molar-refractivity contribution in [2.24, 2.45) is 0 Å². The molecule has 0 spiro atoms. The Labute approximate surface area is 83.0 Å². The van der Waals surface area contributed by atoms with Crippen LogP contribution in [0.2, 0.25) is 0 Å². The van der Waals surface area contributed by atoms with E-state index in [4.69, 9.17) is 4.74 Å². The molecular weight excluding hydrogens is 192 g/mol. The summed E-state index contributed by atoms with van der Waals surface area (Å²) in [4.78, 5) is 20.9. The SMILES string of the molecule is CC(=O)OCCCCOC(=O)CS. The van der Waals surface area contributed by atoms with Crippen molar-refractivity contribution < 1.29 is 19.1 Å². The van der Waals surface area contributed by atoms with Gasteiger partial charge in [0.05, 0.1) is 19.0 Å². The first-order chi connectivity index (χ1) is 6.16. The lowest BCUT2D eigenvalue weighted by Gasteiger charge is -2.03. The van der Waals surface area contributed by atoms with E-state index in [1.54, 1.807) is 0 Å². The molecule has 0 amide bonds. The minimum absolute atomic E-state index is 0.101. The first-order valence-corrected chi connectivity index (χ1v) is 4.70. The summed E-state index contributed by atoms with van der Waals surface area (Å²) in [5, 5.41) is 0. The number of thiol groups is 1. The molecule has 0 aromatic rings. The Bertz CT molecular complexity index is 170. The van der Waals surface area contributed by atoms with E-state index < -0.39 is 0 Å². The molecule has 0 aliphatic heterocycles. The number of hydrogen-bond donors (Lipinski definition) is 1. The molecule has 0 heterocycles. The maximum absolute atomic E-state index is 10.6. The lowest BCUT2D eigenvalue weighted by Crippen LogP contribution is -2.08. The highest BCUT2D eigenvalue weighted by Crippen LogP contribution is 1.93. The van der Waals surface area contributed by atoms with Gasteiger partial charge in [0.15, 0.2) is 0 Å². The minimum Gasteiger partial charge on any atom is -0.466 e. The fourth-order valence-electron chi connectivity index (χ4n) is 0.652. The van der Waals surface area contributed by atoms with Gasteiger partial charge in [-0.05, 0) is 12.8 Å². The molecule has 0 aliphatic rings. The molecular formula is C8H14O4S. The smallest absolute Gasteiger partial charge is 0.315 e. The van der Waals surface area contributed by atoms with E-state index >= 15 is 0 Å². The van der Waals surface area contributed by atoms with E-state index in [1.165, 1.54) is 6.92 Å². The molecule has 0 saturated carbocycles. The van der Waals surface area contributed by atoms with Gasteiger partial charge in [-0.15, -0.1) is 0 Å². The van der Waals surface area contributed by atoms with Crippen LogP contribution in [0.4, 0.5) is 0 Å². The van der Waals surface area contributed by atoms with Crippen LogP contribution in [0.3, 0.4) is 0 Å². The number of hydrogen-bond acceptors (Lipinski definition) is 5. The summed E-state index contributed by atoms with van der Waals surface area (Å²) < 4.78 is 9.42. The second-order valence-electron chi connectivity index (χ2n) is 2.43. The van der Waals surface area contributed by atoms with Crippen LogP contribution in [0.15, 0.2) is 0 Å². The van der Waals surface area contributed by atoms with Crippen LogP contribution in [0.1, 0.15) is 19.8 Å². The molecule has 0 rings (SSSR count). The highest BCUT2D eigenvalue weighted by molar-refractivity contribution is 7.81. The van der Waals surface area contributed by atoms with Gasteiger partial charge in [0.25, 0.3) is 0 Å². The predicted octanol–water partition coefficient (Wildman–Crippen LogP) is 0.803.